The van der Waals surface area contributed by atoms with Crippen LogP contribution in [0.2, 0.25) is 0 Å². The first-order valence-corrected chi connectivity index (χ1v) is 11.3. The van der Waals surface area contributed by atoms with Gasteiger partial charge >= 0.3 is 8.82 Å². The van der Waals surface area contributed by atoms with Crippen molar-refractivity contribution < 1.29 is 36.4 Å². The minimum absolute atomic E-state index is 0. The summed E-state index contributed by atoms with van der Waals surface area (Å²) >= 11 is 0. The number of hydrogen-bond acceptors (Lipinski definition) is 7. The maximum absolute atomic E-state index is 12.4. The molecule has 1 amide bonds. The van der Waals surface area contributed by atoms with E-state index in [-0.39, 0.29) is 15.4 Å². The Kier molecular flexibility index (Phi) is 10.4. The number of aryl methyl sites for hydroxylation is 1. The highest BCUT2D eigenvalue weighted by molar-refractivity contribution is 7.42. The van der Waals surface area contributed by atoms with Crippen LogP contribution in [0.4, 0.5) is 0 Å². The number of esters is 1. The van der Waals surface area contributed by atoms with E-state index in [2.05, 4.69) is 5.32 Å². The first kappa shape index (κ1) is 26.8. The van der Waals surface area contributed by atoms with Crippen molar-refractivity contribution in [3.8, 4) is 0 Å². The SMILES string of the molecule is CCOC(=O)[C@@H](Cc1cn(C)c2ccccc12)NC(=O)[C@@H](N)CC(C)C.O=P([O-])([O-])O.[H+].[H+]. The summed E-state index contributed by atoms with van der Waals surface area (Å²) in [5.74, 6) is -0.461. The highest BCUT2D eigenvalue weighted by Crippen LogP contribution is 2.22. The Morgan fingerprint density at radius 1 is 1.32 bits per heavy atom. The lowest BCUT2D eigenvalue weighted by Crippen LogP contribution is -2.50. The van der Waals surface area contributed by atoms with Crippen LogP contribution < -0.4 is 20.8 Å². The van der Waals surface area contributed by atoms with E-state index in [4.69, 9.17) is 29.7 Å². The molecule has 1 aromatic carbocycles. The molecule has 0 radical (unpaired) electrons. The third-order valence-corrected chi connectivity index (χ3v) is 4.35. The van der Waals surface area contributed by atoms with Crippen molar-refractivity contribution in [1.82, 2.24) is 9.88 Å². The molecule has 2 aromatic rings. The van der Waals surface area contributed by atoms with Crippen molar-refractivity contribution in [3.05, 3.63) is 36.0 Å². The molecule has 1 aromatic heterocycles. The van der Waals surface area contributed by atoms with Crippen molar-refractivity contribution in [2.75, 3.05) is 6.61 Å². The minimum atomic E-state index is -5.14. The number of phosphoric acid groups is 1. The van der Waals surface area contributed by atoms with Crippen LogP contribution in [0.3, 0.4) is 0 Å². The van der Waals surface area contributed by atoms with Gasteiger partial charge in [0.25, 0.3) is 0 Å². The molecule has 0 spiro atoms. The number of carbonyl (C=O) groups excluding carboxylic acids is 2. The number of nitrogens with one attached hydrogen (secondary N) is 1. The zero-order chi connectivity index (χ0) is 23.8. The molecule has 0 unspecified atom stereocenters. The number of amides is 1. The van der Waals surface area contributed by atoms with Gasteiger partial charge in [0.15, 0.2) is 0 Å². The molecular weight excluding hydrogens is 425 g/mol. The van der Waals surface area contributed by atoms with Crippen LogP contribution in [0.25, 0.3) is 10.9 Å². The summed E-state index contributed by atoms with van der Waals surface area (Å²) < 4.78 is 15.8. The third kappa shape index (κ3) is 9.63. The molecule has 0 bridgehead atoms. The molecule has 0 saturated heterocycles. The fourth-order valence-corrected chi connectivity index (χ4v) is 3.14. The van der Waals surface area contributed by atoms with Crippen molar-refractivity contribution in [1.29, 1.82) is 0 Å². The van der Waals surface area contributed by atoms with Crippen molar-refractivity contribution in [3.63, 3.8) is 0 Å². The summed E-state index contributed by atoms with van der Waals surface area (Å²) in [7, 11) is -3.18. The smallest absolute Gasteiger partial charge is 0.790 e. The van der Waals surface area contributed by atoms with Crippen LogP contribution in [-0.2, 0) is 32.4 Å². The molecule has 4 N–H and O–H groups in total. The van der Waals surface area contributed by atoms with Crippen LogP contribution >= 0.6 is 7.82 Å². The topological polar surface area (TPSA) is 170 Å². The molecule has 0 fully saturated rings. The van der Waals surface area contributed by atoms with Crippen LogP contribution in [0, 0.1) is 5.92 Å². The fourth-order valence-electron chi connectivity index (χ4n) is 3.14. The second-order valence-corrected chi connectivity index (χ2v) is 8.44. The lowest BCUT2D eigenvalue weighted by Gasteiger charge is -2.20. The number of aromatic nitrogens is 1. The van der Waals surface area contributed by atoms with Crippen molar-refractivity contribution in [2.45, 2.75) is 45.7 Å². The van der Waals surface area contributed by atoms with E-state index in [1.807, 2.05) is 55.9 Å². The summed E-state index contributed by atoms with van der Waals surface area (Å²) in [5, 5.41) is 3.84. The molecular formula is C20H32N3O7P. The van der Waals surface area contributed by atoms with E-state index in [9.17, 15) is 9.59 Å². The molecule has 2 atom stereocenters. The van der Waals surface area contributed by atoms with Gasteiger partial charge in [-0.15, -0.1) is 0 Å². The molecule has 0 saturated carbocycles. The number of hydrogen-bond donors (Lipinski definition) is 3. The molecule has 0 aliphatic heterocycles. The molecule has 174 valence electrons. The zero-order valence-electron chi connectivity index (χ0n) is 20.1. The number of fused-ring (bicyclic) bond motifs is 1. The molecule has 0 aliphatic rings. The normalized spacial score (nSPS) is 13.3. The average molecular weight is 457 g/mol. The largest absolute Gasteiger partial charge is 1.00 e. The monoisotopic (exact) mass is 457 g/mol. The van der Waals surface area contributed by atoms with E-state index in [1.54, 1.807) is 6.92 Å². The standard InChI is InChI=1S/C20H29N3O3.H3O4P/c1-5-26-20(25)17(22-19(24)16(21)10-13(2)3)11-14-12-23(4)18-9-7-6-8-15(14)18;1-5(2,3)4/h6-9,12-13,16-17H,5,10-11,21H2,1-4H3,(H,22,24);(H3,1,2,3,4)/t16-,17+;/m0./s1. The van der Waals surface area contributed by atoms with Gasteiger partial charge in [0.05, 0.1) is 20.5 Å². The maximum Gasteiger partial charge on any atom is 1.00 e. The summed E-state index contributed by atoms with van der Waals surface area (Å²) in [5.41, 5.74) is 8.02. The third-order valence-electron chi connectivity index (χ3n) is 4.35. The highest BCUT2D eigenvalue weighted by Gasteiger charge is 2.26. The second-order valence-electron chi connectivity index (χ2n) is 7.50. The Morgan fingerprint density at radius 3 is 2.45 bits per heavy atom. The molecule has 31 heavy (non-hydrogen) atoms. The van der Waals surface area contributed by atoms with E-state index >= 15 is 0 Å². The summed E-state index contributed by atoms with van der Waals surface area (Å²) in [6, 6.07) is 6.57. The van der Waals surface area contributed by atoms with Crippen LogP contribution in [0.1, 0.15) is 35.6 Å². The first-order chi connectivity index (χ1) is 14.3. The van der Waals surface area contributed by atoms with Gasteiger partial charge in [-0.25, -0.2) is 4.79 Å². The van der Waals surface area contributed by atoms with Gasteiger partial charge in [-0.05, 0) is 30.9 Å². The van der Waals surface area contributed by atoms with E-state index in [0.717, 1.165) is 16.5 Å². The van der Waals surface area contributed by atoms with Gasteiger partial charge in [-0.1, -0.05) is 32.0 Å². The lowest BCUT2D eigenvalue weighted by molar-refractivity contribution is -0.337. The van der Waals surface area contributed by atoms with Crippen molar-refractivity contribution in [2.24, 2.45) is 18.7 Å². The molecule has 2 rings (SSSR count). The minimum Gasteiger partial charge on any atom is -0.790 e. The predicted octanol–water partition coefficient (Wildman–Crippen LogP) is 0.175. The Morgan fingerprint density at radius 2 is 1.90 bits per heavy atom. The highest BCUT2D eigenvalue weighted by atomic mass is 31.2. The number of rotatable bonds is 8. The number of ether oxygens (including phenoxy) is 1. The number of nitrogens with two attached hydrogens (primary N) is 1. The number of para-hydroxylation sites is 1. The van der Waals surface area contributed by atoms with Gasteiger partial charge in [0, 0.05) is 30.6 Å². The fraction of sp³-hybridized carbons (Fsp3) is 0.500. The van der Waals surface area contributed by atoms with Gasteiger partial charge in [0.1, 0.15) is 6.04 Å². The van der Waals surface area contributed by atoms with E-state index < -0.39 is 25.9 Å². The van der Waals surface area contributed by atoms with Gasteiger partial charge < -0.3 is 39.6 Å². The zero-order valence-corrected chi connectivity index (χ0v) is 19.0. The lowest BCUT2D eigenvalue weighted by atomic mass is 10.0. The Hall–Kier alpha value is -2.23. The second kappa shape index (κ2) is 12.0. The Labute approximate surface area is 184 Å². The van der Waals surface area contributed by atoms with Crippen LogP contribution in [0.15, 0.2) is 30.5 Å². The number of carbonyl (C=O) groups is 2. The quantitative estimate of drug-likeness (QED) is 0.372. The molecule has 1 heterocycles. The summed E-state index contributed by atoms with van der Waals surface area (Å²) in [6.45, 7) is 6.02. The van der Waals surface area contributed by atoms with Gasteiger partial charge in [0.2, 0.25) is 5.91 Å². The number of nitrogens with zero attached hydrogens (tertiary/aromatic N) is 1. The Balaban J connectivity index is 0. The average Bonchev–Trinajstić information content (AvgIpc) is 2.95. The van der Waals surface area contributed by atoms with E-state index in [0.29, 0.717) is 18.8 Å². The summed E-state index contributed by atoms with van der Waals surface area (Å²) in [4.78, 5) is 49.1. The Bertz CT molecular complexity index is 925. The van der Waals surface area contributed by atoms with Crippen molar-refractivity contribution >= 4 is 30.6 Å². The summed E-state index contributed by atoms with van der Waals surface area (Å²) in [6.07, 6.45) is 2.91. The number of benzene rings is 1. The molecule has 11 heteroatoms. The van der Waals surface area contributed by atoms with Gasteiger partial charge in [-0.2, -0.15) is 0 Å². The van der Waals surface area contributed by atoms with Crippen LogP contribution in [-0.4, -0.2) is 40.0 Å². The molecule has 10 nitrogen and oxygen atoms in total. The predicted molar refractivity (Wildman–Crippen MR) is 115 cm³/mol. The van der Waals surface area contributed by atoms with Crippen LogP contribution in [0.5, 0.6) is 0 Å². The molecule has 0 aliphatic carbocycles. The van der Waals surface area contributed by atoms with Gasteiger partial charge in [-0.3, -0.25) is 4.79 Å². The van der Waals surface area contributed by atoms with E-state index in [1.165, 1.54) is 0 Å². The maximum atomic E-state index is 12.4. The first-order valence-electron chi connectivity index (χ1n) is 9.83.